The van der Waals surface area contributed by atoms with Gasteiger partial charge in [0.25, 0.3) is 5.91 Å². The zero-order chi connectivity index (χ0) is 30.0. The number of aliphatic imine (C=N–C) groups is 2. The van der Waals surface area contributed by atoms with E-state index in [-0.39, 0.29) is 5.91 Å². The Morgan fingerprint density at radius 2 is 1.57 bits per heavy atom. The van der Waals surface area contributed by atoms with Gasteiger partial charge >= 0.3 is 0 Å². The van der Waals surface area contributed by atoms with Crippen LogP contribution in [0.1, 0.15) is 82.3 Å². The van der Waals surface area contributed by atoms with E-state index in [1.807, 2.05) is 25.7 Å². The molecule has 0 spiro atoms. The lowest BCUT2D eigenvalue weighted by Crippen LogP contribution is -2.55. The first-order valence-corrected chi connectivity index (χ1v) is 14.6. The van der Waals surface area contributed by atoms with E-state index in [0.29, 0.717) is 28.8 Å². The molecule has 3 fully saturated rings. The fraction of sp³-hybridized carbons (Fsp3) is 0.485. The Balaban J connectivity index is 0.000000265. The zero-order valence-electron chi connectivity index (χ0n) is 25.8. The van der Waals surface area contributed by atoms with Crippen LogP contribution in [-0.2, 0) is 0 Å². The minimum atomic E-state index is 0.0864. The van der Waals surface area contributed by atoms with Gasteiger partial charge < -0.3 is 22.1 Å². The van der Waals surface area contributed by atoms with Crippen molar-refractivity contribution in [1.29, 1.82) is 0 Å². The molecule has 0 radical (unpaired) electrons. The molecular weight excluding hydrogens is 496 g/mol. The summed E-state index contributed by atoms with van der Waals surface area (Å²) in [4.78, 5) is 23.5. The smallest absolute Gasteiger partial charge is 0.253 e. The van der Waals surface area contributed by atoms with Crippen molar-refractivity contribution in [2.75, 3.05) is 24.6 Å². The highest BCUT2D eigenvalue weighted by molar-refractivity contribution is 6.07. The van der Waals surface area contributed by atoms with Gasteiger partial charge in [0.2, 0.25) is 0 Å². The molecule has 1 saturated carbocycles. The molecular formula is C33H50N6O. The number of carbonyl (C=O) groups is 1. The number of allylic oxidation sites excluding steroid dienone is 1. The molecule has 0 aromatic heterocycles. The number of amidine groups is 1. The van der Waals surface area contributed by atoms with Crippen molar-refractivity contribution in [3.05, 3.63) is 64.9 Å². The Hall–Kier alpha value is -3.61. The van der Waals surface area contributed by atoms with Crippen LogP contribution in [0.4, 0.5) is 17.1 Å². The number of rotatable bonds is 5. The maximum atomic E-state index is 12.4. The van der Waals surface area contributed by atoms with Crippen LogP contribution in [0.25, 0.3) is 0 Å². The van der Waals surface area contributed by atoms with E-state index in [4.69, 9.17) is 17.2 Å². The molecule has 2 aliphatic heterocycles. The summed E-state index contributed by atoms with van der Waals surface area (Å²) < 4.78 is 0. The lowest BCUT2D eigenvalue weighted by Gasteiger charge is -2.52. The highest BCUT2D eigenvalue weighted by Gasteiger charge is 2.45. The standard InChI is InChI=1S/C17H25N3.C14H19N3O.C2H6/c1-6-15(11-18)17(7-2)20-14(5)19-16-9-12(3)8-13(4)10-16;1-8-10-4-11(8)7-17(6-10)14(18)9-2-3-12(15)13(16)5-9;1-2/h8-11H,6-7,18H2,1-5H3;2-3,5,8,10-11H,4,6-7,15-16H2,1H3;1-2H3/b15-11-,19-14?,20-17?;;/t;8?,10-,11+;. The van der Waals surface area contributed by atoms with Crippen LogP contribution in [0.15, 0.2) is 58.2 Å². The molecule has 2 aromatic rings. The summed E-state index contributed by atoms with van der Waals surface area (Å²) in [5, 5.41) is 0. The Morgan fingerprint density at radius 1 is 0.975 bits per heavy atom. The van der Waals surface area contributed by atoms with Crippen molar-refractivity contribution in [2.24, 2.45) is 33.5 Å². The van der Waals surface area contributed by atoms with Gasteiger partial charge in [-0.05, 0) is 111 Å². The number of carbonyl (C=O) groups excluding carboxylic acids is 1. The molecule has 40 heavy (non-hydrogen) atoms. The average molecular weight is 547 g/mol. The average Bonchev–Trinajstić information content (AvgIpc) is 2.94. The summed E-state index contributed by atoms with van der Waals surface area (Å²) in [5.41, 5.74) is 24.2. The second-order valence-electron chi connectivity index (χ2n) is 10.6. The quantitative estimate of drug-likeness (QED) is 0.211. The van der Waals surface area contributed by atoms with E-state index >= 15 is 0 Å². The fourth-order valence-corrected chi connectivity index (χ4v) is 5.40. The molecule has 2 bridgehead atoms. The molecule has 2 heterocycles. The number of nitrogens with two attached hydrogens (primary N) is 3. The van der Waals surface area contributed by atoms with Gasteiger partial charge in [-0.2, -0.15) is 0 Å². The number of hydrogen-bond acceptors (Lipinski definition) is 5. The Kier molecular flexibility index (Phi) is 12.4. The van der Waals surface area contributed by atoms with Gasteiger partial charge in [-0.3, -0.25) is 4.79 Å². The number of nitrogen functional groups attached to an aromatic ring is 2. The van der Waals surface area contributed by atoms with Gasteiger partial charge in [0, 0.05) is 24.4 Å². The number of nitrogens with zero attached hydrogens (tertiary/aromatic N) is 3. The molecule has 7 nitrogen and oxygen atoms in total. The molecule has 218 valence electrons. The Labute approximate surface area is 241 Å². The van der Waals surface area contributed by atoms with Crippen LogP contribution < -0.4 is 17.2 Å². The van der Waals surface area contributed by atoms with E-state index in [9.17, 15) is 4.79 Å². The molecule has 2 saturated heterocycles. The number of piperidine rings is 2. The first-order valence-electron chi connectivity index (χ1n) is 14.6. The number of fused-ring (bicyclic) bond motifs is 2. The molecule has 3 atom stereocenters. The third kappa shape index (κ3) is 8.44. The maximum Gasteiger partial charge on any atom is 0.253 e. The van der Waals surface area contributed by atoms with Crippen LogP contribution >= 0.6 is 0 Å². The van der Waals surface area contributed by atoms with Crippen LogP contribution in [0, 0.1) is 31.6 Å². The Bertz CT molecular complexity index is 1210. The number of amides is 1. The third-order valence-electron chi connectivity index (χ3n) is 7.71. The van der Waals surface area contributed by atoms with Gasteiger partial charge in [-0.15, -0.1) is 0 Å². The summed E-state index contributed by atoms with van der Waals surface area (Å²) in [5.74, 6) is 3.02. The van der Waals surface area contributed by atoms with Crippen LogP contribution in [0.2, 0.25) is 0 Å². The van der Waals surface area contributed by atoms with Crippen molar-refractivity contribution in [1.82, 2.24) is 4.90 Å². The van der Waals surface area contributed by atoms with Gasteiger partial charge in [0.1, 0.15) is 5.84 Å². The number of benzene rings is 2. The Morgan fingerprint density at radius 3 is 2.05 bits per heavy atom. The molecule has 1 aliphatic carbocycles. The molecule has 1 amide bonds. The molecule has 1 unspecified atom stereocenters. The van der Waals surface area contributed by atoms with Crippen LogP contribution in [-0.4, -0.2) is 35.4 Å². The zero-order valence-corrected chi connectivity index (χ0v) is 25.8. The van der Waals surface area contributed by atoms with E-state index in [2.05, 4.69) is 62.8 Å². The topological polar surface area (TPSA) is 123 Å². The van der Waals surface area contributed by atoms with Crippen molar-refractivity contribution < 1.29 is 4.79 Å². The lowest BCUT2D eigenvalue weighted by molar-refractivity contribution is -0.0234. The predicted octanol–water partition coefficient (Wildman–Crippen LogP) is 7.06. The van der Waals surface area contributed by atoms with Crippen molar-refractivity contribution in [3.8, 4) is 0 Å². The monoisotopic (exact) mass is 546 g/mol. The third-order valence-corrected chi connectivity index (χ3v) is 7.71. The van der Waals surface area contributed by atoms with Crippen molar-refractivity contribution in [2.45, 2.75) is 74.7 Å². The van der Waals surface area contributed by atoms with E-state index in [0.717, 1.165) is 54.7 Å². The van der Waals surface area contributed by atoms with Gasteiger partial charge in [0.05, 0.1) is 17.1 Å². The molecule has 5 rings (SSSR count). The molecule has 3 aliphatic rings. The largest absolute Gasteiger partial charge is 0.404 e. The lowest BCUT2D eigenvalue weighted by atomic mass is 9.62. The van der Waals surface area contributed by atoms with Gasteiger partial charge in [-0.1, -0.05) is 40.7 Å². The molecule has 7 heteroatoms. The fourth-order valence-electron chi connectivity index (χ4n) is 5.40. The van der Waals surface area contributed by atoms with Gasteiger partial charge in [-0.25, -0.2) is 9.98 Å². The van der Waals surface area contributed by atoms with Crippen molar-refractivity contribution >= 4 is 34.5 Å². The van der Waals surface area contributed by atoms with Crippen LogP contribution in [0.3, 0.4) is 0 Å². The number of hydrogen-bond donors (Lipinski definition) is 3. The van der Waals surface area contributed by atoms with Crippen LogP contribution in [0.5, 0.6) is 0 Å². The number of anilines is 2. The normalized spacial score (nSPS) is 20.4. The second-order valence-corrected chi connectivity index (χ2v) is 10.6. The van der Waals surface area contributed by atoms with E-state index in [1.165, 1.54) is 17.5 Å². The highest BCUT2D eigenvalue weighted by Crippen LogP contribution is 2.45. The summed E-state index contributed by atoms with van der Waals surface area (Å²) in [6, 6.07) is 11.4. The SMILES string of the molecule is CC.CC1[C@@H]2C[C@H]1CN(C(=O)c1ccc(N)c(N)c1)C2.CCC(=NC(C)=Nc1cc(C)cc(C)c1)/C(=C\N)CC. The minimum absolute atomic E-state index is 0.0864. The van der Waals surface area contributed by atoms with E-state index < -0.39 is 0 Å². The highest BCUT2D eigenvalue weighted by atomic mass is 16.2. The number of aryl methyl sites for hydroxylation is 2. The predicted molar refractivity (Wildman–Crippen MR) is 172 cm³/mol. The maximum absolute atomic E-state index is 12.4. The van der Waals surface area contributed by atoms with Gasteiger partial charge in [0.15, 0.2) is 0 Å². The van der Waals surface area contributed by atoms with E-state index in [1.54, 1.807) is 24.4 Å². The minimum Gasteiger partial charge on any atom is -0.404 e. The first-order chi connectivity index (χ1) is 19.1. The first kappa shape index (κ1) is 32.6. The molecule has 2 aromatic carbocycles. The summed E-state index contributed by atoms with van der Waals surface area (Å²) in [7, 11) is 0. The summed E-state index contributed by atoms with van der Waals surface area (Å²) >= 11 is 0. The molecule has 6 N–H and O–H groups in total. The second kappa shape index (κ2) is 15.2. The summed E-state index contributed by atoms with van der Waals surface area (Å²) in [6.07, 6.45) is 4.68. The summed E-state index contributed by atoms with van der Waals surface area (Å²) in [6.45, 7) is 18.3. The van der Waals surface area contributed by atoms with Crippen molar-refractivity contribution in [3.63, 3.8) is 0 Å².